The molecule has 0 spiro atoms. The lowest BCUT2D eigenvalue weighted by molar-refractivity contribution is -0.120. The van der Waals surface area contributed by atoms with E-state index in [0.717, 1.165) is 11.1 Å². The third-order valence-corrected chi connectivity index (χ3v) is 6.65. The first-order valence-corrected chi connectivity index (χ1v) is 12.7. The van der Waals surface area contributed by atoms with Gasteiger partial charge in [0.1, 0.15) is 5.75 Å². The smallest absolute Gasteiger partial charge is 0.301 e. The third-order valence-electron chi connectivity index (χ3n) is 6.37. The van der Waals surface area contributed by atoms with E-state index >= 15 is 0 Å². The molecule has 5 rings (SSSR count). The van der Waals surface area contributed by atoms with Crippen molar-refractivity contribution in [2.75, 3.05) is 26.3 Å². The van der Waals surface area contributed by atoms with E-state index in [1.54, 1.807) is 23.1 Å². The van der Waals surface area contributed by atoms with Crippen molar-refractivity contribution in [1.29, 1.82) is 0 Å². The van der Waals surface area contributed by atoms with Gasteiger partial charge >= 0.3 is 6.01 Å². The highest BCUT2D eigenvalue weighted by Crippen LogP contribution is 2.31. The zero-order chi connectivity index (χ0) is 26.9. The van der Waals surface area contributed by atoms with Crippen LogP contribution in [0.2, 0.25) is 5.02 Å². The fourth-order valence-electron chi connectivity index (χ4n) is 4.46. The summed E-state index contributed by atoms with van der Waals surface area (Å²) in [7, 11) is 0. The lowest BCUT2D eigenvalue weighted by Gasteiger charge is -2.27. The van der Waals surface area contributed by atoms with Gasteiger partial charge in [0.05, 0.1) is 35.0 Å². The number of rotatable bonds is 6. The first kappa shape index (κ1) is 25.7. The van der Waals surface area contributed by atoms with Crippen molar-refractivity contribution in [3.05, 3.63) is 70.7 Å². The van der Waals surface area contributed by atoms with Crippen molar-refractivity contribution in [3.8, 4) is 23.0 Å². The van der Waals surface area contributed by atoms with Crippen LogP contribution < -0.4 is 10.1 Å². The highest BCUT2D eigenvalue weighted by Gasteiger charge is 2.22. The molecule has 2 aromatic heterocycles. The van der Waals surface area contributed by atoms with E-state index in [1.807, 2.05) is 50.2 Å². The Morgan fingerprint density at radius 2 is 1.82 bits per heavy atom. The maximum atomic E-state index is 12.9. The Kier molecular flexibility index (Phi) is 7.05. The van der Waals surface area contributed by atoms with Gasteiger partial charge in [-0.05, 0) is 49.7 Å². The molecule has 2 aromatic carbocycles. The number of hydrogen-bond donors (Lipinski definition) is 2. The second-order valence-corrected chi connectivity index (χ2v) is 10.1. The van der Waals surface area contributed by atoms with E-state index in [4.69, 9.17) is 21.1 Å². The molecule has 1 saturated heterocycles. The summed E-state index contributed by atoms with van der Waals surface area (Å²) in [5, 5.41) is 3.35. The number of carbonyl (C=O) groups is 2. The molecule has 1 fully saturated rings. The second-order valence-electron chi connectivity index (χ2n) is 9.65. The van der Waals surface area contributed by atoms with Crippen LogP contribution in [0.4, 0.5) is 0 Å². The molecule has 3 heterocycles. The van der Waals surface area contributed by atoms with Gasteiger partial charge in [0, 0.05) is 31.1 Å². The average molecular weight is 534 g/mol. The number of nitrogens with zero attached hydrogens (tertiary/aromatic N) is 3. The van der Waals surface area contributed by atoms with Crippen LogP contribution in [-0.4, -0.2) is 58.0 Å². The number of hydrogen-bond acceptors (Lipinski definition) is 6. The van der Waals surface area contributed by atoms with Gasteiger partial charge in [-0.25, -0.2) is 4.98 Å². The first-order valence-electron chi connectivity index (χ1n) is 12.3. The minimum Gasteiger partial charge on any atom is -0.426 e. The first-order chi connectivity index (χ1) is 18.2. The number of morpholine rings is 1. The Morgan fingerprint density at radius 1 is 1.08 bits per heavy atom. The number of H-pyrrole nitrogens is 1. The summed E-state index contributed by atoms with van der Waals surface area (Å²) >= 11 is 6.59. The number of nitrogens with one attached hydrogen (secondary N) is 2. The van der Waals surface area contributed by atoms with Crippen molar-refractivity contribution in [2.24, 2.45) is 0 Å². The van der Waals surface area contributed by atoms with Gasteiger partial charge in [0.25, 0.3) is 5.91 Å². The number of imidazole rings is 1. The molecule has 2 amide bonds. The maximum Gasteiger partial charge on any atom is 0.301 e. The minimum atomic E-state index is -0.509. The number of aromatic amines is 1. The number of fused-ring (bicyclic) bond motifs is 1. The Balaban J connectivity index is 1.37. The van der Waals surface area contributed by atoms with Crippen LogP contribution in [0.3, 0.4) is 0 Å². The summed E-state index contributed by atoms with van der Waals surface area (Å²) < 4.78 is 11.3. The van der Waals surface area contributed by atoms with Crippen LogP contribution in [0.25, 0.3) is 22.4 Å². The third kappa shape index (κ3) is 5.49. The number of pyridine rings is 1. The molecule has 1 aliphatic rings. The molecule has 38 heavy (non-hydrogen) atoms. The molecule has 0 bridgehead atoms. The fourth-order valence-corrected chi connectivity index (χ4v) is 4.72. The molecule has 10 heteroatoms. The summed E-state index contributed by atoms with van der Waals surface area (Å²) in [6.07, 6.45) is 0. The van der Waals surface area contributed by atoms with Gasteiger partial charge < -0.3 is 24.7 Å². The highest BCUT2D eigenvalue weighted by atomic mass is 35.5. The average Bonchev–Trinajstić information content (AvgIpc) is 3.28. The minimum absolute atomic E-state index is 0.0470. The molecule has 0 aliphatic carbocycles. The number of carbonyl (C=O) groups excluding carboxylic acids is 2. The summed E-state index contributed by atoms with van der Waals surface area (Å²) in [6, 6.07) is 16.7. The topological polar surface area (TPSA) is 109 Å². The van der Waals surface area contributed by atoms with Crippen LogP contribution in [0.15, 0.2) is 54.6 Å². The van der Waals surface area contributed by atoms with Crippen molar-refractivity contribution in [2.45, 2.75) is 26.3 Å². The van der Waals surface area contributed by atoms with Crippen LogP contribution in [-0.2, 0) is 15.1 Å². The Hall–Kier alpha value is -3.95. The molecule has 4 aromatic rings. The maximum absolute atomic E-state index is 12.9. The Morgan fingerprint density at radius 3 is 2.53 bits per heavy atom. The monoisotopic (exact) mass is 533 g/mol. The number of halogens is 1. The quantitative estimate of drug-likeness (QED) is 0.364. The molecule has 0 unspecified atom stereocenters. The van der Waals surface area contributed by atoms with E-state index in [1.165, 1.54) is 6.92 Å². The molecule has 0 saturated carbocycles. The number of amides is 2. The van der Waals surface area contributed by atoms with Crippen molar-refractivity contribution >= 4 is 34.6 Å². The summed E-state index contributed by atoms with van der Waals surface area (Å²) in [4.78, 5) is 38.5. The van der Waals surface area contributed by atoms with E-state index in [9.17, 15) is 9.59 Å². The molecule has 2 N–H and O–H groups in total. The number of aromatic nitrogens is 3. The molecule has 9 nitrogen and oxygen atoms in total. The van der Waals surface area contributed by atoms with Crippen molar-refractivity contribution < 1.29 is 19.1 Å². The van der Waals surface area contributed by atoms with E-state index in [2.05, 4.69) is 20.3 Å². The van der Waals surface area contributed by atoms with Gasteiger partial charge in [-0.15, -0.1) is 0 Å². The zero-order valence-electron chi connectivity index (χ0n) is 21.4. The van der Waals surface area contributed by atoms with Crippen molar-refractivity contribution in [3.63, 3.8) is 0 Å². The predicted octanol–water partition coefficient (Wildman–Crippen LogP) is 4.91. The SMILES string of the molecule is CC(=O)NC(C)(C)c1ccc(Oc2nc3nc(-c4cccc(C(=O)N5CCOCC5)c4)c(Cl)cc3[nH]2)cc1. The molecule has 0 atom stereocenters. The Bertz CT molecular complexity index is 1490. The molecule has 196 valence electrons. The van der Waals surface area contributed by atoms with Gasteiger partial charge in [0.2, 0.25) is 5.91 Å². The summed E-state index contributed by atoms with van der Waals surface area (Å²) in [5.74, 6) is 0.430. The molecular formula is C28H28ClN5O4. The van der Waals surface area contributed by atoms with E-state index in [-0.39, 0.29) is 17.8 Å². The highest BCUT2D eigenvalue weighted by molar-refractivity contribution is 6.33. The zero-order valence-corrected chi connectivity index (χ0v) is 22.1. The van der Waals surface area contributed by atoms with Crippen LogP contribution >= 0.6 is 11.6 Å². The van der Waals surface area contributed by atoms with E-state index in [0.29, 0.717) is 59.5 Å². The van der Waals surface area contributed by atoms with Gasteiger partial charge in [0.15, 0.2) is 5.65 Å². The number of benzene rings is 2. The predicted molar refractivity (Wildman–Crippen MR) is 144 cm³/mol. The largest absolute Gasteiger partial charge is 0.426 e. The van der Waals surface area contributed by atoms with Crippen molar-refractivity contribution in [1.82, 2.24) is 25.2 Å². The van der Waals surface area contributed by atoms with E-state index < -0.39 is 5.54 Å². The van der Waals surface area contributed by atoms with Gasteiger partial charge in [-0.1, -0.05) is 35.9 Å². The fraction of sp³-hybridized carbons (Fsp3) is 0.286. The lowest BCUT2D eigenvalue weighted by Crippen LogP contribution is -2.40. The lowest BCUT2D eigenvalue weighted by atomic mass is 9.94. The second kappa shape index (κ2) is 10.4. The van der Waals surface area contributed by atoms with Crippen LogP contribution in [0, 0.1) is 0 Å². The molecule has 0 radical (unpaired) electrons. The summed E-state index contributed by atoms with van der Waals surface area (Å²) in [5.41, 5.74) is 3.31. The number of ether oxygens (including phenoxy) is 2. The normalized spacial score (nSPS) is 13.9. The van der Waals surface area contributed by atoms with Crippen LogP contribution in [0.5, 0.6) is 11.8 Å². The van der Waals surface area contributed by atoms with Gasteiger partial charge in [-0.3, -0.25) is 9.59 Å². The van der Waals surface area contributed by atoms with Crippen LogP contribution in [0.1, 0.15) is 36.7 Å². The Labute approximate surface area is 225 Å². The standard InChI is InChI=1S/C28H28ClN5O4/c1-17(35)33-28(2,3)20-7-9-21(10-8-20)38-27-30-23-16-22(29)24(31-25(23)32-27)18-5-4-6-19(15-18)26(36)34-11-13-37-14-12-34/h4-10,15-16H,11-14H2,1-3H3,(H,33,35)(H,30,31,32). The van der Waals surface area contributed by atoms with Gasteiger partial charge in [-0.2, -0.15) is 4.98 Å². The summed E-state index contributed by atoms with van der Waals surface area (Å²) in [6.45, 7) is 7.58. The molecule has 1 aliphatic heterocycles. The molecular weight excluding hydrogens is 506 g/mol.